The summed E-state index contributed by atoms with van der Waals surface area (Å²) in [5.41, 5.74) is 7.15. The first-order valence-corrected chi connectivity index (χ1v) is 17.1. The minimum Gasteiger partial charge on any atom is -0.381 e. The lowest BCUT2D eigenvalue weighted by molar-refractivity contribution is -0.167. The normalized spacial score (nSPS) is 47.2. The Labute approximate surface area is 235 Å². The molecule has 0 bridgehead atoms. The monoisotopic (exact) mass is 564 g/mol. The van der Waals surface area contributed by atoms with Crippen LogP contribution in [0.25, 0.3) is 0 Å². The molecule has 4 N–H and O–H groups in total. The molecule has 0 radical (unpaired) electrons. The minimum absolute atomic E-state index is 0.0206. The summed E-state index contributed by atoms with van der Waals surface area (Å²) in [6, 6.07) is 0.486. The van der Waals surface area contributed by atoms with Crippen molar-refractivity contribution in [1.82, 2.24) is 31.3 Å². The van der Waals surface area contributed by atoms with Gasteiger partial charge in [-0.15, -0.1) is 23.5 Å². The number of nitrogens with one attached hydrogen (secondary N) is 4. The van der Waals surface area contributed by atoms with Crippen LogP contribution in [0.2, 0.25) is 0 Å². The Hall–Kier alpha value is -0.560. The Morgan fingerprint density at radius 1 is 1.00 bits per heavy atom. The summed E-state index contributed by atoms with van der Waals surface area (Å²) in [6.07, 6.45) is 13.7. The number of thioether (sulfide) groups is 2. The number of nitrogens with zero attached hydrogens (tertiary/aromatic N) is 2. The van der Waals surface area contributed by atoms with Gasteiger partial charge in [-0.2, -0.15) is 0 Å². The lowest BCUT2D eigenvalue weighted by Gasteiger charge is -2.53. The zero-order valence-electron chi connectivity index (χ0n) is 22.5. The number of ether oxygens (including phenoxy) is 1. The molecule has 2 amide bonds. The van der Waals surface area contributed by atoms with E-state index in [2.05, 4.69) is 31.3 Å². The van der Waals surface area contributed by atoms with Crippen LogP contribution in [0, 0.1) is 17.8 Å². The number of carbonyl (C=O) groups excluding carboxylic acids is 2. The van der Waals surface area contributed by atoms with Gasteiger partial charge in [0.15, 0.2) is 6.29 Å². The zero-order valence-corrected chi connectivity index (χ0v) is 24.1. The van der Waals surface area contributed by atoms with Crippen LogP contribution in [0.3, 0.4) is 0 Å². The molecule has 0 aromatic carbocycles. The molecule has 0 aromatic heterocycles. The molecule has 4 saturated heterocycles. The van der Waals surface area contributed by atoms with E-state index in [-0.39, 0.29) is 59.3 Å². The van der Waals surface area contributed by atoms with Crippen molar-refractivity contribution >= 4 is 35.3 Å². The molecule has 9 nitrogen and oxygen atoms in total. The van der Waals surface area contributed by atoms with Crippen LogP contribution >= 0.6 is 23.5 Å². The van der Waals surface area contributed by atoms with Gasteiger partial charge in [0.1, 0.15) is 5.50 Å². The zero-order chi connectivity index (χ0) is 25.8. The lowest BCUT2D eigenvalue weighted by atomic mass is 9.79. The molecule has 7 rings (SSSR count). The SMILES string of the molecule is COC1CCCC(N2C(=O)C3CCCCC3N3C(SCC4NC(=O)C5C(N4)SC4CCCCC45)NNC23)C1. The topological polar surface area (TPSA) is 98.0 Å². The van der Waals surface area contributed by atoms with Crippen molar-refractivity contribution in [3.8, 4) is 0 Å². The number of rotatable bonds is 5. The molecule has 4 heterocycles. The second kappa shape index (κ2) is 11.0. The quantitative estimate of drug-likeness (QED) is 0.401. The Balaban J connectivity index is 1.04. The number of fused-ring (bicyclic) bond motifs is 6. The first-order chi connectivity index (χ1) is 18.6. The van der Waals surface area contributed by atoms with Gasteiger partial charge in [0.25, 0.3) is 0 Å². The molecular weight excluding hydrogens is 520 g/mol. The molecule has 38 heavy (non-hydrogen) atoms. The van der Waals surface area contributed by atoms with E-state index in [4.69, 9.17) is 4.74 Å². The summed E-state index contributed by atoms with van der Waals surface area (Å²) in [5, 5.41) is 8.01. The first-order valence-electron chi connectivity index (χ1n) is 15.1. The van der Waals surface area contributed by atoms with E-state index in [1.54, 1.807) is 7.11 Å². The van der Waals surface area contributed by atoms with Crippen LogP contribution in [0.4, 0.5) is 0 Å². The molecule has 4 aliphatic heterocycles. The number of hydrazine groups is 1. The van der Waals surface area contributed by atoms with Gasteiger partial charge in [-0.25, -0.2) is 15.8 Å². The third-order valence-corrected chi connectivity index (χ3v) is 13.3. The third-order valence-electron chi connectivity index (χ3n) is 10.4. The average Bonchev–Trinajstić information content (AvgIpc) is 3.54. The van der Waals surface area contributed by atoms with E-state index in [1.807, 2.05) is 23.5 Å². The van der Waals surface area contributed by atoms with Crippen LogP contribution in [-0.2, 0) is 14.3 Å². The molecule has 11 heteroatoms. The number of amides is 2. The molecular formula is C27H44N6O3S2. The maximum absolute atomic E-state index is 13.9. The van der Waals surface area contributed by atoms with Crippen molar-refractivity contribution in [3.63, 3.8) is 0 Å². The highest BCUT2D eigenvalue weighted by atomic mass is 32.2. The predicted molar refractivity (Wildman–Crippen MR) is 149 cm³/mol. The molecule has 11 unspecified atom stereocenters. The predicted octanol–water partition coefficient (Wildman–Crippen LogP) is 2.35. The summed E-state index contributed by atoms with van der Waals surface area (Å²) in [5.74, 6) is 2.14. The Morgan fingerprint density at radius 2 is 1.84 bits per heavy atom. The fraction of sp³-hybridized carbons (Fsp3) is 0.926. The van der Waals surface area contributed by atoms with E-state index >= 15 is 0 Å². The van der Waals surface area contributed by atoms with Crippen LogP contribution in [0.5, 0.6) is 0 Å². The summed E-state index contributed by atoms with van der Waals surface area (Å²) < 4.78 is 5.73. The van der Waals surface area contributed by atoms with Crippen molar-refractivity contribution in [2.75, 3.05) is 12.9 Å². The molecule has 0 aromatic rings. The standard InChI is InChI=1S/C27H44N6O3S2/c1-36-16-8-6-7-15(13-16)32-25(35)17-9-2-4-11-19(17)33-26(32)30-31-27(33)37-14-21-28-23(34)22-18-10-3-5-12-20(18)38-24(22)29-21/h15-22,24,26-27,29-31H,2-14H2,1H3,(H,28,34). The molecule has 212 valence electrons. The van der Waals surface area contributed by atoms with Crippen molar-refractivity contribution in [2.24, 2.45) is 17.8 Å². The molecule has 7 fully saturated rings. The van der Waals surface area contributed by atoms with E-state index in [0.29, 0.717) is 17.1 Å². The third kappa shape index (κ3) is 4.61. The molecule has 3 saturated carbocycles. The Kier molecular flexibility index (Phi) is 7.64. The highest BCUT2D eigenvalue weighted by Crippen LogP contribution is 2.50. The van der Waals surface area contributed by atoms with E-state index < -0.39 is 0 Å². The highest BCUT2D eigenvalue weighted by molar-refractivity contribution is 8.00. The molecule has 11 atom stereocenters. The van der Waals surface area contributed by atoms with Gasteiger partial charge in [0.05, 0.1) is 29.5 Å². The second-order valence-corrected chi connectivity index (χ2v) is 15.0. The maximum atomic E-state index is 13.9. The summed E-state index contributed by atoms with van der Waals surface area (Å²) >= 11 is 3.87. The Morgan fingerprint density at radius 3 is 2.74 bits per heavy atom. The first kappa shape index (κ1) is 26.3. The van der Waals surface area contributed by atoms with Crippen molar-refractivity contribution in [3.05, 3.63) is 0 Å². The maximum Gasteiger partial charge on any atom is 0.229 e. The van der Waals surface area contributed by atoms with E-state index in [9.17, 15) is 9.59 Å². The van der Waals surface area contributed by atoms with Gasteiger partial charge < -0.3 is 15.0 Å². The van der Waals surface area contributed by atoms with Crippen LogP contribution < -0.4 is 21.5 Å². The van der Waals surface area contributed by atoms with Crippen LogP contribution in [-0.4, -0.2) is 81.2 Å². The smallest absolute Gasteiger partial charge is 0.229 e. The van der Waals surface area contributed by atoms with Gasteiger partial charge in [-0.1, -0.05) is 25.7 Å². The highest BCUT2D eigenvalue weighted by Gasteiger charge is 2.55. The summed E-state index contributed by atoms with van der Waals surface area (Å²) in [4.78, 5) is 31.8. The molecule has 0 spiro atoms. The largest absolute Gasteiger partial charge is 0.381 e. The Bertz CT molecular complexity index is 914. The second-order valence-electron chi connectivity index (χ2n) is 12.5. The number of carbonyl (C=O) groups is 2. The lowest BCUT2D eigenvalue weighted by Crippen LogP contribution is -2.69. The van der Waals surface area contributed by atoms with Crippen LogP contribution in [0.15, 0.2) is 0 Å². The summed E-state index contributed by atoms with van der Waals surface area (Å²) in [6.45, 7) is 0. The van der Waals surface area contributed by atoms with E-state index in [1.165, 1.54) is 32.1 Å². The van der Waals surface area contributed by atoms with Gasteiger partial charge in [-0.3, -0.25) is 14.9 Å². The molecule has 3 aliphatic carbocycles. The molecule has 7 aliphatic rings. The number of methoxy groups -OCH3 is 1. The number of hydrogen-bond acceptors (Lipinski definition) is 9. The van der Waals surface area contributed by atoms with Crippen molar-refractivity contribution < 1.29 is 14.3 Å². The minimum atomic E-state index is -0.119. The van der Waals surface area contributed by atoms with Crippen LogP contribution in [0.1, 0.15) is 77.0 Å². The average molecular weight is 565 g/mol. The fourth-order valence-corrected chi connectivity index (χ4v) is 11.7. The summed E-state index contributed by atoms with van der Waals surface area (Å²) in [7, 11) is 1.80. The van der Waals surface area contributed by atoms with Crippen molar-refractivity contribution in [2.45, 2.75) is 124 Å². The van der Waals surface area contributed by atoms with Crippen molar-refractivity contribution in [1.29, 1.82) is 0 Å². The fourth-order valence-electron chi connectivity index (χ4n) is 8.62. The van der Waals surface area contributed by atoms with E-state index in [0.717, 1.165) is 50.7 Å². The number of hydrogen-bond donors (Lipinski definition) is 4. The van der Waals surface area contributed by atoms with Gasteiger partial charge >= 0.3 is 0 Å². The van der Waals surface area contributed by atoms with Gasteiger partial charge in [0, 0.05) is 30.2 Å². The van der Waals surface area contributed by atoms with Gasteiger partial charge in [0.2, 0.25) is 11.8 Å². The van der Waals surface area contributed by atoms with Gasteiger partial charge in [-0.05, 0) is 57.3 Å².